The molecule has 1 N–H and O–H groups in total. The molecule has 0 unspecified atom stereocenters. The fourth-order valence-electron chi connectivity index (χ4n) is 2.28. The van der Waals surface area contributed by atoms with Gasteiger partial charge in [0.2, 0.25) is 0 Å². The normalized spacial score (nSPS) is 10.2. The second-order valence-electron chi connectivity index (χ2n) is 5.15. The van der Waals surface area contributed by atoms with Gasteiger partial charge in [-0.15, -0.1) is 0 Å². The lowest BCUT2D eigenvalue weighted by molar-refractivity contribution is 0.0951. The van der Waals surface area contributed by atoms with Gasteiger partial charge in [0.05, 0.1) is 13.7 Å². The SMILES string of the molecule is CCOc1cc(CNC(=O)c2ccc(CC)cc2)ccc1OC. The van der Waals surface area contributed by atoms with Gasteiger partial charge in [-0.05, 0) is 48.7 Å². The second kappa shape index (κ2) is 8.22. The average Bonchev–Trinajstić information content (AvgIpc) is 2.60. The van der Waals surface area contributed by atoms with Crippen molar-refractivity contribution in [1.82, 2.24) is 5.32 Å². The van der Waals surface area contributed by atoms with Crippen LogP contribution in [0, 0.1) is 0 Å². The van der Waals surface area contributed by atoms with E-state index in [1.807, 2.05) is 49.4 Å². The molecule has 0 saturated carbocycles. The largest absolute Gasteiger partial charge is 0.493 e. The van der Waals surface area contributed by atoms with Gasteiger partial charge in [-0.1, -0.05) is 25.1 Å². The quantitative estimate of drug-likeness (QED) is 0.850. The number of nitrogens with one attached hydrogen (secondary N) is 1. The molecular weight excluding hydrogens is 290 g/mol. The molecule has 0 aromatic heterocycles. The number of aryl methyl sites for hydroxylation is 1. The highest BCUT2D eigenvalue weighted by Crippen LogP contribution is 2.28. The number of methoxy groups -OCH3 is 1. The van der Waals surface area contributed by atoms with Crippen LogP contribution in [0.5, 0.6) is 11.5 Å². The van der Waals surface area contributed by atoms with Crippen LogP contribution in [0.2, 0.25) is 0 Å². The summed E-state index contributed by atoms with van der Waals surface area (Å²) in [6, 6.07) is 13.3. The molecule has 4 nitrogen and oxygen atoms in total. The Balaban J connectivity index is 2.01. The molecule has 0 aliphatic rings. The minimum Gasteiger partial charge on any atom is -0.493 e. The second-order valence-corrected chi connectivity index (χ2v) is 5.15. The Bertz CT molecular complexity index is 650. The fourth-order valence-corrected chi connectivity index (χ4v) is 2.28. The molecule has 0 heterocycles. The highest BCUT2D eigenvalue weighted by molar-refractivity contribution is 5.94. The third kappa shape index (κ3) is 4.49. The Hall–Kier alpha value is -2.49. The predicted molar refractivity (Wildman–Crippen MR) is 91.2 cm³/mol. The lowest BCUT2D eigenvalue weighted by atomic mass is 10.1. The van der Waals surface area contributed by atoms with Gasteiger partial charge in [0.15, 0.2) is 11.5 Å². The molecule has 1 amide bonds. The Morgan fingerprint density at radius 3 is 2.30 bits per heavy atom. The monoisotopic (exact) mass is 313 g/mol. The first-order valence-electron chi connectivity index (χ1n) is 7.84. The molecule has 2 rings (SSSR count). The van der Waals surface area contributed by atoms with Crippen molar-refractivity contribution in [1.29, 1.82) is 0 Å². The number of amides is 1. The van der Waals surface area contributed by atoms with Gasteiger partial charge in [0, 0.05) is 12.1 Å². The Morgan fingerprint density at radius 1 is 1.00 bits per heavy atom. The van der Waals surface area contributed by atoms with E-state index in [0.29, 0.717) is 30.2 Å². The summed E-state index contributed by atoms with van der Waals surface area (Å²) in [7, 11) is 1.61. The van der Waals surface area contributed by atoms with Crippen molar-refractivity contribution in [3.63, 3.8) is 0 Å². The van der Waals surface area contributed by atoms with Crippen LogP contribution in [-0.4, -0.2) is 19.6 Å². The molecule has 0 atom stereocenters. The average molecular weight is 313 g/mol. The first-order chi connectivity index (χ1) is 11.2. The summed E-state index contributed by atoms with van der Waals surface area (Å²) >= 11 is 0. The number of ether oxygens (including phenoxy) is 2. The van der Waals surface area contributed by atoms with Gasteiger partial charge >= 0.3 is 0 Å². The van der Waals surface area contributed by atoms with Crippen LogP contribution < -0.4 is 14.8 Å². The Labute approximate surface area is 137 Å². The van der Waals surface area contributed by atoms with E-state index in [2.05, 4.69) is 12.2 Å². The zero-order chi connectivity index (χ0) is 16.7. The molecule has 0 fully saturated rings. The number of carbonyl (C=O) groups excluding carboxylic acids is 1. The molecule has 2 aromatic rings. The van der Waals surface area contributed by atoms with Crippen molar-refractivity contribution in [2.75, 3.05) is 13.7 Å². The zero-order valence-corrected chi connectivity index (χ0v) is 13.9. The molecule has 0 aliphatic heterocycles. The van der Waals surface area contributed by atoms with E-state index in [4.69, 9.17) is 9.47 Å². The molecule has 2 aromatic carbocycles. The summed E-state index contributed by atoms with van der Waals surface area (Å²) < 4.78 is 10.8. The van der Waals surface area contributed by atoms with E-state index >= 15 is 0 Å². The van der Waals surface area contributed by atoms with Gasteiger partial charge in [0.25, 0.3) is 5.91 Å². The smallest absolute Gasteiger partial charge is 0.251 e. The summed E-state index contributed by atoms with van der Waals surface area (Å²) in [6.07, 6.45) is 0.966. The summed E-state index contributed by atoms with van der Waals surface area (Å²) in [4.78, 5) is 12.2. The Morgan fingerprint density at radius 2 is 1.70 bits per heavy atom. The molecule has 122 valence electrons. The minimum absolute atomic E-state index is 0.0820. The molecular formula is C19H23NO3. The highest BCUT2D eigenvalue weighted by Gasteiger charge is 2.08. The number of hydrogen-bond donors (Lipinski definition) is 1. The maximum atomic E-state index is 12.2. The predicted octanol–water partition coefficient (Wildman–Crippen LogP) is 3.59. The molecule has 0 aliphatic carbocycles. The summed E-state index contributed by atoms with van der Waals surface area (Å²) in [5.41, 5.74) is 2.85. The summed E-state index contributed by atoms with van der Waals surface area (Å²) in [5.74, 6) is 1.30. The van der Waals surface area contributed by atoms with Crippen molar-refractivity contribution in [3.05, 3.63) is 59.2 Å². The van der Waals surface area contributed by atoms with E-state index in [1.54, 1.807) is 7.11 Å². The molecule has 0 saturated heterocycles. The third-order valence-corrected chi connectivity index (χ3v) is 3.61. The summed E-state index contributed by atoms with van der Waals surface area (Å²) in [5, 5.41) is 2.92. The standard InChI is InChI=1S/C19H23NO3/c1-4-14-6-9-16(10-7-14)19(21)20-13-15-8-11-17(22-3)18(12-15)23-5-2/h6-12H,4-5,13H2,1-3H3,(H,20,21). The number of carbonyl (C=O) groups is 1. The van der Waals surface area contributed by atoms with Crippen LogP contribution >= 0.6 is 0 Å². The van der Waals surface area contributed by atoms with Crippen molar-refractivity contribution < 1.29 is 14.3 Å². The van der Waals surface area contributed by atoms with Crippen molar-refractivity contribution >= 4 is 5.91 Å². The maximum absolute atomic E-state index is 12.2. The Kier molecular flexibility index (Phi) is 6.03. The van der Waals surface area contributed by atoms with Gasteiger partial charge in [-0.2, -0.15) is 0 Å². The lowest BCUT2D eigenvalue weighted by Gasteiger charge is -2.12. The van der Waals surface area contributed by atoms with Crippen LogP contribution in [0.3, 0.4) is 0 Å². The van der Waals surface area contributed by atoms with Crippen molar-refractivity contribution in [2.45, 2.75) is 26.8 Å². The highest BCUT2D eigenvalue weighted by atomic mass is 16.5. The molecule has 0 spiro atoms. The third-order valence-electron chi connectivity index (χ3n) is 3.61. The van der Waals surface area contributed by atoms with E-state index in [0.717, 1.165) is 12.0 Å². The van der Waals surface area contributed by atoms with E-state index in [1.165, 1.54) is 5.56 Å². The number of benzene rings is 2. The number of hydrogen-bond acceptors (Lipinski definition) is 3. The van der Waals surface area contributed by atoms with Gasteiger partial charge in [-0.3, -0.25) is 4.79 Å². The first-order valence-corrected chi connectivity index (χ1v) is 7.84. The fraction of sp³-hybridized carbons (Fsp3) is 0.316. The van der Waals surface area contributed by atoms with E-state index in [-0.39, 0.29) is 5.91 Å². The zero-order valence-electron chi connectivity index (χ0n) is 13.9. The molecule has 0 radical (unpaired) electrons. The molecule has 4 heteroatoms. The summed E-state index contributed by atoms with van der Waals surface area (Å²) in [6.45, 7) is 5.02. The van der Waals surface area contributed by atoms with Crippen LogP contribution in [0.4, 0.5) is 0 Å². The van der Waals surface area contributed by atoms with Crippen LogP contribution in [0.15, 0.2) is 42.5 Å². The van der Waals surface area contributed by atoms with Crippen molar-refractivity contribution in [2.24, 2.45) is 0 Å². The molecule has 23 heavy (non-hydrogen) atoms. The van der Waals surface area contributed by atoms with Gasteiger partial charge in [-0.25, -0.2) is 0 Å². The topological polar surface area (TPSA) is 47.6 Å². The molecule has 0 bridgehead atoms. The van der Waals surface area contributed by atoms with E-state index < -0.39 is 0 Å². The van der Waals surface area contributed by atoms with Crippen molar-refractivity contribution in [3.8, 4) is 11.5 Å². The first kappa shape index (κ1) is 16.9. The van der Waals surface area contributed by atoms with Crippen LogP contribution in [0.1, 0.15) is 35.3 Å². The van der Waals surface area contributed by atoms with E-state index in [9.17, 15) is 4.79 Å². The maximum Gasteiger partial charge on any atom is 0.251 e. The minimum atomic E-state index is -0.0820. The van der Waals surface area contributed by atoms with Gasteiger partial charge in [0.1, 0.15) is 0 Å². The van der Waals surface area contributed by atoms with Gasteiger partial charge < -0.3 is 14.8 Å². The number of rotatable bonds is 7. The van der Waals surface area contributed by atoms with Crippen LogP contribution in [-0.2, 0) is 13.0 Å². The lowest BCUT2D eigenvalue weighted by Crippen LogP contribution is -2.22. The van der Waals surface area contributed by atoms with Crippen LogP contribution in [0.25, 0.3) is 0 Å².